The van der Waals surface area contributed by atoms with E-state index in [2.05, 4.69) is 4.98 Å². The molecule has 0 saturated heterocycles. The van der Waals surface area contributed by atoms with Crippen LogP contribution < -0.4 is 0 Å². The molecule has 4 heteroatoms. The van der Waals surface area contributed by atoms with Gasteiger partial charge in [0.1, 0.15) is 0 Å². The van der Waals surface area contributed by atoms with Gasteiger partial charge >= 0.3 is 6.18 Å². The number of halogens is 3. The van der Waals surface area contributed by atoms with Crippen molar-refractivity contribution >= 4 is 0 Å². The maximum absolute atomic E-state index is 12.3. The molecule has 0 aromatic carbocycles. The standard InChI is InChI=1S/C11H12F3N/c12-11(13,14)9-4-8(9)7-3-10(15-5-7)6-1-2-6/h3,5-6,8-9,15H,1-2,4H2/t8-,9+/m1/s1. The molecule has 3 rings (SSSR count). The van der Waals surface area contributed by atoms with Crippen molar-refractivity contribution in [1.82, 2.24) is 4.98 Å². The van der Waals surface area contributed by atoms with Gasteiger partial charge in [0.25, 0.3) is 0 Å². The lowest BCUT2D eigenvalue weighted by atomic mass is 10.1. The van der Waals surface area contributed by atoms with E-state index in [4.69, 9.17) is 0 Å². The van der Waals surface area contributed by atoms with Gasteiger partial charge in [-0.3, -0.25) is 0 Å². The van der Waals surface area contributed by atoms with Crippen LogP contribution in [-0.4, -0.2) is 11.2 Å². The topological polar surface area (TPSA) is 15.8 Å². The molecule has 2 aliphatic carbocycles. The molecule has 2 saturated carbocycles. The van der Waals surface area contributed by atoms with Gasteiger partial charge in [-0.25, -0.2) is 0 Å². The summed E-state index contributed by atoms with van der Waals surface area (Å²) in [5, 5.41) is 0. The Labute approximate surface area is 85.7 Å². The van der Waals surface area contributed by atoms with E-state index in [1.807, 2.05) is 6.07 Å². The number of nitrogens with one attached hydrogen (secondary N) is 1. The van der Waals surface area contributed by atoms with Gasteiger partial charge in [0.05, 0.1) is 5.92 Å². The Balaban J connectivity index is 1.72. The maximum Gasteiger partial charge on any atom is 0.392 e. The smallest absolute Gasteiger partial charge is 0.364 e. The Morgan fingerprint density at radius 1 is 1.27 bits per heavy atom. The molecule has 1 aromatic heterocycles. The molecular weight excluding hydrogens is 203 g/mol. The molecular formula is C11H12F3N. The van der Waals surface area contributed by atoms with E-state index in [1.54, 1.807) is 6.20 Å². The summed E-state index contributed by atoms with van der Waals surface area (Å²) in [7, 11) is 0. The zero-order valence-electron chi connectivity index (χ0n) is 8.14. The van der Waals surface area contributed by atoms with Crippen LogP contribution in [0.25, 0.3) is 0 Å². The molecule has 0 unspecified atom stereocenters. The van der Waals surface area contributed by atoms with E-state index in [1.165, 1.54) is 12.8 Å². The van der Waals surface area contributed by atoms with Gasteiger partial charge in [-0.1, -0.05) is 0 Å². The predicted molar refractivity (Wildman–Crippen MR) is 49.7 cm³/mol. The van der Waals surface area contributed by atoms with E-state index < -0.39 is 12.1 Å². The van der Waals surface area contributed by atoms with Crippen molar-refractivity contribution < 1.29 is 13.2 Å². The fourth-order valence-electron chi connectivity index (χ4n) is 2.20. The lowest BCUT2D eigenvalue weighted by molar-refractivity contribution is -0.148. The van der Waals surface area contributed by atoms with Crippen LogP contribution in [0.5, 0.6) is 0 Å². The maximum atomic E-state index is 12.3. The van der Waals surface area contributed by atoms with Crippen molar-refractivity contribution in [3.8, 4) is 0 Å². The molecule has 0 spiro atoms. The quantitative estimate of drug-likeness (QED) is 0.776. The van der Waals surface area contributed by atoms with Crippen LogP contribution >= 0.6 is 0 Å². The Hall–Kier alpha value is -0.930. The SMILES string of the molecule is FC(F)(F)[C@H]1C[C@@H]1c1c[nH]c(C2CC2)c1. The van der Waals surface area contributed by atoms with Crippen LogP contribution in [0.3, 0.4) is 0 Å². The first-order valence-electron chi connectivity index (χ1n) is 5.30. The van der Waals surface area contributed by atoms with Crippen LogP contribution in [0.1, 0.15) is 42.4 Å². The number of rotatable bonds is 2. The van der Waals surface area contributed by atoms with Crippen LogP contribution in [0, 0.1) is 5.92 Å². The monoisotopic (exact) mass is 215 g/mol. The van der Waals surface area contributed by atoms with Gasteiger partial charge in [-0.15, -0.1) is 0 Å². The highest BCUT2D eigenvalue weighted by atomic mass is 19.4. The highest BCUT2D eigenvalue weighted by molar-refractivity contribution is 5.30. The molecule has 1 N–H and O–H groups in total. The van der Waals surface area contributed by atoms with Crippen molar-refractivity contribution in [2.24, 2.45) is 5.92 Å². The number of aromatic nitrogens is 1. The van der Waals surface area contributed by atoms with Crippen LogP contribution in [-0.2, 0) is 0 Å². The van der Waals surface area contributed by atoms with Crippen LogP contribution in [0.4, 0.5) is 13.2 Å². The van der Waals surface area contributed by atoms with Crippen molar-refractivity contribution in [1.29, 1.82) is 0 Å². The van der Waals surface area contributed by atoms with Gasteiger partial charge in [0.2, 0.25) is 0 Å². The number of H-pyrrole nitrogens is 1. The summed E-state index contributed by atoms with van der Waals surface area (Å²) in [6.07, 6.45) is 0.359. The van der Waals surface area contributed by atoms with Crippen LogP contribution in [0.15, 0.2) is 12.3 Å². The first-order chi connectivity index (χ1) is 7.05. The Kier molecular flexibility index (Phi) is 1.74. The molecule has 82 valence electrons. The molecule has 2 aliphatic rings. The predicted octanol–water partition coefficient (Wildman–Crippen LogP) is 3.56. The lowest BCUT2D eigenvalue weighted by Gasteiger charge is -2.03. The summed E-state index contributed by atoms with van der Waals surface area (Å²) in [5.74, 6) is -0.795. The second-order valence-electron chi connectivity index (χ2n) is 4.65. The molecule has 2 fully saturated rings. The summed E-state index contributed by atoms with van der Waals surface area (Å²) < 4.78 is 37.0. The molecule has 0 radical (unpaired) electrons. The van der Waals surface area contributed by atoms with E-state index >= 15 is 0 Å². The van der Waals surface area contributed by atoms with Gasteiger partial charge in [0, 0.05) is 11.9 Å². The van der Waals surface area contributed by atoms with Gasteiger partial charge in [0.15, 0.2) is 0 Å². The summed E-state index contributed by atoms with van der Waals surface area (Å²) in [6.45, 7) is 0. The first kappa shape index (κ1) is 9.31. The molecule has 15 heavy (non-hydrogen) atoms. The summed E-state index contributed by atoms with van der Waals surface area (Å²) >= 11 is 0. The summed E-state index contributed by atoms with van der Waals surface area (Å²) in [6, 6.07) is 1.92. The molecule has 2 atom stereocenters. The van der Waals surface area contributed by atoms with Crippen molar-refractivity contribution in [2.75, 3.05) is 0 Å². The highest BCUT2D eigenvalue weighted by Crippen LogP contribution is 2.56. The Morgan fingerprint density at radius 2 is 2.00 bits per heavy atom. The zero-order chi connectivity index (χ0) is 10.6. The minimum Gasteiger partial charge on any atom is -0.364 e. The lowest BCUT2D eigenvalue weighted by Crippen LogP contribution is -2.11. The van der Waals surface area contributed by atoms with E-state index in [-0.39, 0.29) is 12.3 Å². The molecule has 1 nitrogen and oxygen atoms in total. The fourth-order valence-corrected chi connectivity index (χ4v) is 2.20. The second kappa shape index (κ2) is 2.80. The molecule has 1 heterocycles. The number of hydrogen-bond acceptors (Lipinski definition) is 0. The molecule has 0 amide bonds. The summed E-state index contributed by atoms with van der Waals surface area (Å²) in [4.78, 5) is 3.09. The van der Waals surface area contributed by atoms with E-state index in [9.17, 15) is 13.2 Å². The molecule has 0 bridgehead atoms. The largest absolute Gasteiger partial charge is 0.392 e. The summed E-state index contributed by atoms with van der Waals surface area (Å²) in [5.41, 5.74) is 1.97. The normalized spacial score (nSPS) is 30.6. The van der Waals surface area contributed by atoms with E-state index in [0.717, 1.165) is 11.3 Å². The number of hydrogen-bond donors (Lipinski definition) is 1. The highest BCUT2D eigenvalue weighted by Gasteiger charge is 2.56. The molecule has 1 aromatic rings. The third-order valence-electron chi connectivity index (χ3n) is 3.38. The third-order valence-corrected chi connectivity index (χ3v) is 3.38. The number of aromatic amines is 1. The average Bonchev–Trinajstić information content (AvgIpc) is 3.03. The fraction of sp³-hybridized carbons (Fsp3) is 0.636. The Morgan fingerprint density at radius 3 is 2.53 bits per heavy atom. The number of alkyl halides is 3. The minimum atomic E-state index is -4.01. The van der Waals surface area contributed by atoms with E-state index in [0.29, 0.717) is 5.92 Å². The third kappa shape index (κ3) is 1.66. The first-order valence-corrected chi connectivity index (χ1v) is 5.30. The minimum absolute atomic E-state index is 0.269. The van der Waals surface area contributed by atoms with Crippen molar-refractivity contribution in [3.63, 3.8) is 0 Å². The van der Waals surface area contributed by atoms with Gasteiger partial charge < -0.3 is 4.98 Å². The van der Waals surface area contributed by atoms with Crippen molar-refractivity contribution in [3.05, 3.63) is 23.5 Å². The van der Waals surface area contributed by atoms with Crippen LogP contribution in [0.2, 0.25) is 0 Å². The molecule has 0 aliphatic heterocycles. The van der Waals surface area contributed by atoms with Crippen molar-refractivity contribution in [2.45, 2.75) is 37.3 Å². The average molecular weight is 215 g/mol. The Bertz CT molecular complexity index is 375. The second-order valence-corrected chi connectivity index (χ2v) is 4.65. The van der Waals surface area contributed by atoms with Gasteiger partial charge in [-0.05, 0) is 42.7 Å². The zero-order valence-corrected chi connectivity index (χ0v) is 8.14. The van der Waals surface area contributed by atoms with Gasteiger partial charge in [-0.2, -0.15) is 13.2 Å².